The van der Waals surface area contributed by atoms with Crippen LogP contribution in [0.4, 0.5) is 4.39 Å². The number of nitrogens with one attached hydrogen (secondary N) is 1. The zero-order valence-corrected chi connectivity index (χ0v) is 7.96. The third kappa shape index (κ3) is 2.81. The number of amides is 1. The van der Waals surface area contributed by atoms with Crippen molar-refractivity contribution in [3.05, 3.63) is 35.6 Å². The van der Waals surface area contributed by atoms with Crippen molar-refractivity contribution in [2.75, 3.05) is 7.05 Å². The molecule has 1 rings (SSSR count). The highest BCUT2D eigenvalue weighted by Crippen LogP contribution is 2.05. The molecule has 14 heavy (non-hydrogen) atoms. The van der Waals surface area contributed by atoms with Gasteiger partial charge in [-0.3, -0.25) is 4.79 Å². The Kier molecular flexibility index (Phi) is 3.59. The molecular formula is C10H13FN2O. The Morgan fingerprint density at radius 3 is 2.93 bits per heavy atom. The fraction of sp³-hybridized carbons (Fsp3) is 0.300. The van der Waals surface area contributed by atoms with Crippen LogP contribution in [0.15, 0.2) is 24.3 Å². The van der Waals surface area contributed by atoms with Crippen LogP contribution in [-0.2, 0) is 11.2 Å². The summed E-state index contributed by atoms with van der Waals surface area (Å²) in [6, 6.07) is 5.45. The second kappa shape index (κ2) is 4.72. The van der Waals surface area contributed by atoms with E-state index >= 15 is 0 Å². The molecule has 1 atom stereocenters. The molecular weight excluding hydrogens is 183 g/mol. The van der Waals surface area contributed by atoms with Crippen LogP contribution in [0.1, 0.15) is 5.56 Å². The molecule has 3 nitrogen and oxygen atoms in total. The largest absolute Gasteiger partial charge is 0.358 e. The van der Waals surface area contributed by atoms with Crippen LogP contribution in [0, 0.1) is 5.82 Å². The second-order valence-electron chi connectivity index (χ2n) is 3.05. The van der Waals surface area contributed by atoms with Gasteiger partial charge in [0, 0.05) is 7.05 Å². The molecule has 1 aromatic carbocycles. The second-order valence-corrected chi connectivity index (χ2v) is 3.05. The maximum atomic E-state index is 12.8. The maximum absolute atomic E-state index is 12.8. The lowest BCUT2D eigenvalue weighted by molar-refractivity contribution is -0.121. The standard InChI is InChI=1S/C10H13FN2O/c1-13-10(14)9(12)6-7-3-2-4-8(11)5-7/h2-5,9H,6,12H2,1H3,(H,13,14). The van der Waals surface area contributed by atoms with Crippen molar-refractivity contribution in [2.45, 2.75) is 12.5 Å². The van der Waals surface area contributed by atoms with Gasteiger partial charge < -0.3 is 11.1 Å². The van der Waals surface area contributed by atoms with Crippen molar-refractivity contribution in [2.24, 2.45) is 5.73 Å². The number of carbonyl (C=O) groups excluding carboxylic acids is 1. The zero-order valence-electron chi connectivity index (χ0n) is 7.96. The fourth-order valence-electron chi connectivity index (χ4n) is 1.20. The molecule has 1 aromatic rings. The molecule has 0 aliphatic carbocycles. The maximum Gasteiger partial charge on any atom is 0.237 e. The van der Waals surface area contributed by atoms with Crippen molar-refractivity contribution < 1.29 is 9.18 Å². The first kappa shape index (κ1) is 10.7. The number of carbonyl (C=O) groups is 1. The van der Waals surface area contributed by atoms with Crippen LogP contribution in [0.25, 0.3) is 0 Å². The van der Waals surface area contributed by atoms with E-state index in [0.29, 0.717) is 6.42 Å². The van der Waals surface area contributed by atoms with Crippen molar-refractivity contribution in [3.63, 3.8) is 0 Å². The zero-order chi connectivity index (χ0) is 10.6. The Hall–Kier alpha value is -1.42. The number of rotatable bonds is 3. The van der Waals surface area contributed by atoms with Gasteiger partial charge in [-0.2, -0.15) is 0 Å². The summed E-state index contributed by atoms with van der Waals surface area (Å²) in [7, 11) is 1.52. The molecule has 0 saturated carbocycles. The molecule has 0 aliphatic heterocycles. The number of hydrogen-bond acceptors (Lipinski definition) is 2. The van der Waals surface area contributed by atoms with Gasteiger partial charge in [-0.1, -0.05) is 12.1 Å². The van der Waals surface area contributed by atoms with Crippen molar-refractivity contribution >= 4 is 5.91 Å². The topological polar surface area (TPSA) is 55.1 Å². The molecule has 4 heteroatoms. The third-order valence-electron chi connectivity index (χ3n) is 1.93. The molecule has 0 aliphatic rings. The molecule has 0 spiro atoms. The summed E-state index contributed by atoms with van der Waals surface area (Å²) in [5.74, 6) is -0.555. The lowest BCUT2D eigenvalue weighted by atomic mass is 10.1. The van der Waals surface area contributed by atoms with Crippen LogP contribution >= 0.6 is 0 Å². The van der Waals surface area contributed by atoms with E-state index in [1.165, 1.54) is 19.2 Å². The molecule has 3 N–H and O–H groups in total. The first-order valence-electron chi connectivity index (χ1n) is 4.35. The smallest absolute Gasteiger partial charge is 0.237 e. The monoisotopic (exact) mass is 196 g/mol. The van der Waals surface area contributed by atoms with E-state index in [2.05, 4.69) is 5.32 Å². The Balaban J connectivity index is 2.64. The van der Waals surface area contributed by atoms with Gasteiger partial charge >= 0.3 is 0 Å². The van der Waals surface area contributed by atoms with Crippen LogP contribution in [-0.4, -0.2) is 19.0 Å². The quantitative estimate of drug-likeness (QED) is 0.737. The lowest BCUT2D eigenvalue weighted by Crippen LogP contribution is -2.40. The van der Waals surface area contributed by atoms with Crippen molar-refractivity contribution in [3.8, 4) is 0 Å². The van der Waals surface area contributed by atoms with E-state index in [1.807, 2.05) is 0 Å². The van der Waals surface area contributed by atoms with Crippen LogP contribution < -0.4 is 11.1 Å². The Morgan fingerprint density at radius 2 is 2.36 bits per heavy atom. The van der Waals surface area contributed by atoms with Gasteiger partial charge in [0.25, 0.3) is 0 Å². The van der Waals surface area contributed by atoms with E-state index in [9.17, 15) is 9.18 Å². The van der Waals surface area contributed by atoms with Gasteiger partial charge in [0.2, 0.25) is 5.91 Å². The van der Waals surface area contributed by atoms with E-state index in [-0.39, 0.29) is 11.7 Å². The minimum atomic E-state index is -0.623. The molecule has 0 bridgehead atoms. The van der Waals surface area contributed by atoms with E-state index in [4.69, 9.17) is 5.73 Å². The Bertz CT molecular complexity index is 328. The molecule has 0 fully saturated rings. The summed E-state index contributed by atoms with van der Waals surface area (Å²) in [4.78, 5) is 11.1. The summed E-state index contributed by atoms with van der Waals surface area (Å²) in [6.45, 7) is 0. The predicted octanol–water partition coefficient (Wildman–Crippen LogP) is 0.441. The minimum absolute atomic E-state index is 0.241. The average molecular weight is 196 g/mol. The molecule has 76 valence electrons. The first-order valence-corrected chi connectivity index (χ1v) is 4.35. The number of hydrogen-bond donors (Lipinski definition) is 2. The molecule has 1 unspecified atom stereocenters. The Labute approximate surface area is 82.1 Å². The van der Waals surface area contributed by atoms with Gasteiger partial charge in [-0.25, -0.2) is 4.39 Å². The van der Waals surface area contributed by atoms with Gasteiger partial charge in [0.05, 0.1) is 6.04 Å². The number of halogens is 1. The normalized spacial score (nSPS) is 12.2. The lowest BCUT2D eigenvalue weighted by Gasteiger charge is -2.09. The summed E-state index contributed by atoms with van der Waals surface area (Å²) in [6.07, 6.45) is 0.345. The molecule has 1 amide bonds. The van der Waals surface area contributed by atoms with Gasteiger partial charge in [0.1, 0.15) is 5.82 Å². The van der Waals surface area contributed by atoms with Crippen molar-refractivity contribution in [1.82, 2.24) is 5.32 Å². The Morgan fingerprint density at radius 1 is 1.64 bits per heavy atom. The number of benzene rings is 1. The fourth-order valence-corrected chi connectivity index (χ4v) is 1.20. The number of likely N-dealkylation sites (N-methyl/N-ethyl adjacent to an activating group) is 1. The molecule has 0 saturated heterocycles. The van der Waals surface area contributed by atoms with E-state index < -0.39 is 6.04 Å². The highest BCUT2D eigenvalue weighted by molar-refractivity contribution is 5.81. The SMILES string of the molecule is CNC(=O)C(N)Cc1cccc(F)c1. The summed E-state index contributed by atoms with van der Waals surface area (Å²) < 4.78 is 12.8. The molecule has 0 heterocycles. The molecule has 0 aromatic heterocycles. The van der Waals surface area contributed by atoms with Gasteiger partial charge in [0.15, 0.2) is 0 Å². The van der Waals surface area contributed by atoms with E-state index in [1.54, 1.807) is 12.1 Å². The molecule has 0 radical (unpaired) electrons. The van der Waals surface area contributed by atoms with E-state index in [0.717, 1.165) is 5.56 Å². The first-order chi connectivity index (χ1) is 6.63. The predicted molar refractivity (Wildman–Crippen MR) is 52.1 cm³/mol. The summed E-state index contributed by atoms with van der Waals surface area (Å²) >= 11 is 0. The highest BCUT2D eigenvalue weighted by atomic mass is 19.1. The summed E-state index contributed by atoms with van der Waals surface area (Å²) in [5.41, 5.74) is 6.30. The number of nitrogens with two attached hydrogens (primary N) is 1. The highest BCUT2D eigenvalue weighted by Gasteiger charge is 2.11. The van der Waals surface area contributed by atoms with Crippen LogP contribution in [0.3, 0.4) is 0 Å². The summed E-state index contributed by atoms with van der Waals surface area (Å²) in [5, 5.41) is 2.44. The van der Waals surface area contributed by atoms with Crippen LogP contribution in [0.5, 0.6) is 0 Å². The minimum Gasteiger partial charge on any atom is -0.358 e. The average Bonchev–Trinajstić information content (AvgIpc) is 2.16. The van der Waals surface area contributed by atoms with Crippen LogP contribution in [0.2, 0.25) is 0 Å². The third-order valence-corrected chi connectivity index (χ3v) is 1.93. The van der Waals surface area contributed by atoms with Gasteiger partial charge in [-0.15, -0.1) is 0 Å². The van der Waals surface area contributed by atoms with Crippen molar-refractivity contribution in [1.29, 1.82) is 0 Å². The van der Waals surface area contributed by atoms with Gasteiger partial charge in [-0.05, 0) is 24.1 Å².